The Morgan fingerprint density at radius 2 is 1.88 bits per heavy atom. The van der Waals surface area contributed by atoms with E-state index in [0.29, 0.717) is 29.8 Å². The Bertz CT molecular complexity index is 729. The van der Waals surface area contributed by atoms with Crippen LogP contribution in [0.25, 0.3) is 0 Å². The van der Waals surface area contributed by atoms with Crippen molar-refractivity contribution >= 4 is 11.8 Å². The van der Waals surface area contributed by atoms with Crippen LogP contribution < -0.4 is 4.74 Å². The minimum Gasteiger partial charge on any atom is -0.426 e. The highest BCUT2D eigenvalue weighted by atomic mass is 16.5. The SMILES string of the molecule is CC(=O)Oc1cc2c(cc1C(C)C)CC[C@H]1C(C)(C)C(=O)CC[C@]21C. The third-order valence-corrected chi connectivity index (χ3v) is 6.66. The minimum absolute atomic E-state index is 0.0323. The van der Waals surface area contributed by atoms with Crippen molar-refractivity contribution in [1.82, 2.24) is 0 Å². The van der Waals surface area contributed by atoms with Crippen LogP contribution in [0.2, 0.25) is 0 Å². The zero-order valence-electron chi connectivity index (χ0n) is 16.4. The summed E-state index contributed by atoms with van der Waals surface area (Å²) >= 11 is 0. The Morgan fingerprint density at radius 3 is 2.48 bits per heavy atom. The molecule has 25 heavy (non-hydrogen) atoms. The summed E-state index contributed by atoms with van der Waals surface area (Å²) in [6.45, 7) is 12.2. The van der Waals surface area contributed by atoms with Gasteiger partial charge in [-0.1, -0.05) is 40.7 Å². The van der Waals surface area contributed by atoms with Crippen LogP contribution in [-0.4, -0.2) is 11.8 Å². The van der Waals surface area contributed by atoms with Gasteiger partial charge in [-0.15, -0.1) is 0 Å². The Labute approximate surface area is 151 Å². The zero-order valence-corrected chi connectivity index (χ0v) is 16.4. The number of carbonyl (C=O) groups excluding carboxylic acids is 2. The predicted molar refractivity (Wildman–Crippen MR) is 99.0 cm³/mol. The molecule has 3 heteroatoms. The number of hydrogen-bond acceptors (Lipinski definition) is 3. The van der Waals surface area contributed by atoms with Gasteiger partial charge in [-0.2, -0.15) is 0 Å². The highest BCUT2D eigenvalue weighted by Crippen LogP contribution is 2.56. The van der Waals surface area contributed by atoms with E-state index in [9.17, 15) is 9.59 Å². The van der Waals surface area contributed by atoms with Crippen molar-refractivity contribution in [3.8, 4) is 5.75 Å². The standard InChI is InChI=1S/C22H30O3/c1-13(2)16-11-15-7-8-19-21(4,5)20(24)9-10-22(19,6)17(15)12-18(16)25-14(3)23/h11-13,19H,7-10H2,1-6H3/t19-,22+/m0/s1. The fourth-order valence-electron chi connectivity index (χ4n) is 5.24. The number of esters is 1. The van der Waals surface area contributed by atoms with Gasteiger partial charge in [-0.05, 0) is 59.3 Å². The molecule has 1 aromatic rings. The van der Waals surface area contributed by atoms with Crippen molar-refractivity contribution in [2.24, 2.45) is 11.3 Å². The first-order valence-corrected chi connectivity index (χ1v) is 9.46. The molecule has 0 heterocycles. The second kappa shape index (κ2) is 5.96. The van der Waals surface area contributed by atoms with E-state index >= 15 is 0 Å². The molecule has 2 atom stereocenters. The second-order valence-corrected chi connectivity index (χ2v) is 8.95. The van der Waals surface area contributed by atoms with Gasteiger partial charge in [0.25, 0.3) is 0 Å². The van der Waals surface area contributed by atoms with Gasteiger partial charge in [0.15, 0.2) is 0 Å². The molecule has 3 rings (SSSR count). The lowest BCUT2D eigenvalue weighted by atomic mass is 9.50. The summed E-state index contributed by atoms with van der Waals surface area (Å²) in [4.78, 5) is 24.1. The molecular formula is C22H30O3. The maximum Gasteiger partial charge on any atom is 0.308 e. The number of hydrogen-bond donors (Lipinski definition) is 0. The van der Waals surface area contributed by atoms with Gasteiger partial charge in [0.1, 0.15) is 11.5 Å². The minimum atomic E-state index is -0.289. The number of Topliss-reactive ketones (excluding diaryl/α,β-unsaturated/α-hetero) is 1. The third-order valence-electron chi connectivity index (χ3n) is 6.66. The van der Waals surface area contributed by atoms with Crippen molar-refractivity contribution in [3.05, 3.63) is 28.8 Å². The number of carbonyl (C=O) groups is 2. The largest absolute Gasteiger partial charge is 0.426 e. The van der Waals surface area contributed by atoms with Crippen LogP contribution in [0.5, 0.6) is 5.75 Å². The number of fused-ring (bicyclic) bond motifs is 3. The van der Waals surface area contributed by atoms with Crippen LogP contribution in [0.4, 0.5) is 0 Å². The first-order valence-electron chi connectivity index (χ1n) is 9.46. The fourth-order valence-corrected chi connectivity index (χ4v) is 5.24. The van der Waals surface area contributed by atoms with E-state index < -0.39 is 0 Å². The number of benzene rings is 1. The molecule has 1 aromatic carbocycles. The molecule has 1 fully saturated rings. The normalized spacial score (nSPS) is 27.6. The average Bonchev–Trinajstić information content (AvgIpc) is 2.50. The third kappa shape index (κ3) is 2.82. The molecule has 0 amide bonds. The molecule has 0 N–H and O–H groups in total. The summed E-state index contributed by atoms with van der Waals surface area (Å²) in [5.74, 6) is 1.44. The summed E-state index contributed by atoms with van der Waals surface area (Å²) in [7, 11) is 0. The summed E-state index contributed by atoms with van der Waals surface area (Å²) in [6, 6.07) is 4.34. The van der Waals surface area contributed by atoms with Crippen LogP contribution in [0.1, 0.15) is 83.4 Å². The second-order valence-electron chi connectivity index (χ2n) is 8.95. The molecule has 2 aliphatic carbocycles. The maximum absolute atomic E-state index is 12.5. The molecular weight excluding hydrogens is 312 g/mol. The van der Waals surface area contributed by atoms with E-state index in [1.54, 1.807) is 0 Å². The Hall–Kier alpha value is -1.64. The predicted octanol–water partition coefficient (Wildman–Crippen LogP) is 4.94. The van der Waals surface area contributed by atoms with Crippen LogP contribution >= 0.6 is 0 Å². The lowest BCUT2D eigenvalue weighted by Crippen LogP contribution is -2.52. The average molecular weight is 342 g/mol. The van der Waals surface area contributed by atoms with E-state index in [0.717, 1.165) is 24.8 Å². The van der Waals surface area contributed by atoms with Gasteiger partial charge in [-0.25, -0.2) is 0 Å². The van der Waals surface area contributed by atoms with E-state index in [-0.39, 0.29) is 16.8 Å². The first-order chi connectivity index (χ1) is 11.6. The molecule has 0 unspecified atom stereocenters. The maximum atomic E-state index is 12.5. The van der Waals surface area contributed by atoms with Crippen LogP contribution in [0.15, 0.2) is 12.1 Å². The van der Waals surface area contributed by atoms with Gasteiger partial charge in [-0.3, -0.25) is 9.59 Å². The summed E-state index contributed by atoms with van der Waals surface area (Å²) in [5, 5.41) is 0. The highest BCUT2D eigenvalue weighted by molar-refractivity contribution is 5.86. The number of aryl methyl sites for hydroxylation is 1. The molecule has 0 saturated heterocycles. The summed E-state index contributed by atoms with van der Waals surface area (Å²) in [6.07, 6.45) is 3.56. The molecule has 2 aliphatic rings. The van der Waals surface area contributed by atoms with Crippen molar-refractivity contribution < 1.29 is 14.3 Å². The highest BCUT2D eigenvalue weighted by Gasteiger charge is 2.53. The van der Waals surface area contributed by atoms with Gasteiger partial charge >= 0.3 is 5.97 Å². The van der Waals surface area contributed by atoms with E-state index in [2.05, 4.69) is 46.8 Å². The van der Waals surface area contributed by atoms with Crippen LogP contribution in [0, 0.1) is 11.3 Å². The van der Waals surface area contributed by atoms with E-state index in [4.69, 9.17) is 4.74 Å². The molecule has 0 spiro atoms. The lowest BCUT2D eigenvalue weighted by molar-refractivity contribution is -0.137. The van der Waals surface area contributed by atoms with Crippen LogP contribution in [-0.2, 0) is 21.4 Å². The summed E-state index contributed by atoms with van der Waals surface area (Å²) in [5.41, 5.74) is 3.42. The Balaban J connectivity index is 2.15. The lowest BCUT2D eigenvalue weighted by Gasteiger charge is -2.53. The monoisotopic (exact) mass is 342 g/mol. The molecule has 136 valence electrons. The van der Waals surface area contributed by atoms with Crippen LogP contribution in [0.3, 0.4) is 0 Å². The zero-order chi connectivity index (χ0) is 18.6. The van der Waals surface area contributed by atoms with E-state index in [1.165, 1.54) is 18.1 Å². The van der Waals surface area contributed by atoms with Crippen molar-refractivity contribution in [1.29, 1.82) is 0 Å². The molecule has 0 aliphatic heterocycles. The van der Waals surface area contributed by atoms with Gasteiger partial charge in [0, 0.05) is 18.8 Å². The van der Waals surface area contributed by atoms with Crippen molar-refractivity contribution in [2.75, 3.05) is 0 Å². The van der Waals surface area contributed by atoms with Gasteiger partial charge < -0.3 is 4.74 Å². The molecule has 1 saturated carbocycles. The fraction of sp³-hybridized carbons (Fsp3) is 0.636. The van der Waals surface area contributed by atoms with Crippen molar-refractivity contribution in [3.63, 3.8) is 0 Å². The van der Waals surface area contributed by atoms with Gasteiger partial charge in [0.05, 0.1) is 0 Å². The number of rotatable bonds is 2. The Morgan fingerprint density at radius 1 is 1.20 bits per heavy atom. The first kappa shape index (κ1) is 18.2. The quantitative estimate of drug-likeness (QED) is 0.564. The van der Waals surface area contributed by atoms with Gasteiger partial charge in [0.2, 0.25) is 0 Å². The smallest absolute Gasteiger partial charge is 0.308 e. The molecule has 0 aromatic heterocycles. The van der Waals surface area contributed by atoms with Crippen molar-refractivity contribution in [2.45, 2.75) is 78.6 Å². The van der Waals surface area contributed by atoms with E-state index in [1.807, 2.05) is 0 Å². The molecule has 3 nitrogen and oxygen atoms in total. The number of ketones is 1. The number of ether oxygens (including phenoxy) is 1. The Kier molecular flexibility index (Phi) is 4.33. The topological polar surface area (TPSA) is 43.4 Å². The summed E-state index contributed by atoms with van der Waals surface area (Å²) < 4.78 is 5.56. The molecule has 0 radical (unpaired) electrons. The molecule has 0 bridgehead atoms.